The molecule has 0 heterocycles. The van der Waals surface area contributed by atoms with Crippen molar-refractivity contribution in [3.8, 4) is 0 Å². The molecule has 4 heteroatoms. The second kappa shape index (κ2) is 9.11. The van der Waals surface area contributed by atoms with Crippen molar-refractivity contribution >= 4 is 17.5 Å². The van der Waals surface area contributed by atoms with E-state index in [2.05, 4.69) is 0 Å². The zero-order valence-corrected chi connectivity index (χ0v) is 16.4. The Morgan fingerprint density at radius 3 is 1.97 bits per heavy atom. The molecular formula is C25H22O4. The lowest BCUT2D eigenvalue weighted by molar-refractivity contribution is 0.0317. The van der Waals surface area contributed by atoms with Crippen molar-refractivity contribution in [2.45, 2.75) is 26.4 Å². The Morgan fingerprint density at radius 1 is 0.759 bits per heavy atom. The number of rotatable bonds is 7. The molecule has 4 nitrogen and oxygen atoms in total. The van der Waals surface area contributed by atoms with Crippen LogP contribution in [-0.4, -0.2) is 23.6 Å². The Kier molecular flexibility index (Phi) is 6.35. The summed E-state index contributed by atoms with van der Waals surface area (Å²) in [5.74, 6) is -1.25. The number of aryl methyl sites for hydroxylation is 1. The molecule has 0 aliphatic heterocycles. The van der Waals surface area contributed by atoms with Crippen LogP contribution in [0.25, 0.3) is 0 Å². The molecule has 1 atom stereocenters. The van der Waals surface area contributed by atoms with E-state index in [1.807, 2.05) is 25.1 Å². The monoisotopic (exact) mass is 386 g/mol. The maximum atomic E-state index is 12.8. The van der Waals surface area contributed by atoms with Crippen LogP contribution in [0.1, 0.15) is 56.0 Å². The van der Waals surface area contributed by atoms with Crippen LogP contribution in [0.3, 0.4) is 0 Å². The van der Waals surface area contributed by atoms with Gasteiger partial charge in [-0.25, -0.2) is 4.79 Å². The number of benzene rings is 3. The van der Waals surface area contributed by atoms with Gasteiger partial charge in [-0.1, -0.05) is 79.7 Å². The third-order valence-electron chi connectivity index (χ3n) is 4.73. The summed E-state index contributed by atoms with van der Waals surface area (Å²) in [6.45, 7) is 3.57. The van der Waals surface area contributed by atoms with Crippen molar-refractivity contribution < 1.29 is 19.1 Å². The highest BCUT2D eigenvalue weighted by Gasteiger charge is 2.24. The van der Waals surface area contributed by atoms with E-state index in [0.717, 1.165) is 12.0 Å². The van der Waals surface area contributed by atoms with Gasteiger partial charge in [0.05, 0.1) is 5.56 Å². The van der Waals surface area contributed by atoms with E-state index in [9.17, 15) is 14.4 Å². The minimum absolute atomic E-state index is 0.141. The third kappa shape index (κ3) is 4.66. The van der Waals surface area contributed by atoms with Crippen LogP contribution in [-0.2, 0) is 11.2 Å². The highest BCUT2D eigenvalue weighted by Crippen LogP contribution is 2.17. The first-order valence-electron chi connectivity index (χ1n) is 9.54. The number of esters is 1. The average molecular weight is 386 g/mol. The molecule has 146 valence electrons. The lowest BCUT2D eigenvalue weighted by Gasteiger charge is -2.14. The van der Waals surface area contributed by atoms with E-state index >= 15 is 0 Å². The summed E-state index contributed by atoms with van der Waals surface area (Å²) >= 11 is 0. The van der Waals surface area contributed by atoms with E-state index in [-0.39, 0.29) is 22.7 Å². The molecule has 0 amide bonds. The molecule has 0 spiro atoms. The van der Waals surface area contributed by atoms with Crippen molar-refractivity contribution in [3.63, 3.8) is 0 Å². The quantitative estimate of drug-likeness (QED) is 0.428. The molecule has 0 fully saturated rings. The number of carbonyl (C=O) groups is 3. The van der Waals surface area contributed by atoms with Gasteiger partial charge in [-0.2, -0.15) is 0 Å². The van der Waals surface area contributed by atoms with E-state index in [1.165, 1.54) is 13.0 Å². The molecule has 29 heavy (non-hydrogen) atoms. The van der Waals surface area contributed by atoms with Crippen LogP contribution < -0.4 is 0 Å². The van der Waals surface area contributed by atoms with Crippen molar-refractivity contribution in [2.75, 3.05) is 0 Å². The van der Waals surface area contributed by atoms with Gasteiger partial charge in [0.1, 0.15) is 0 Å². The predicted octanol–water partition coefficient (Wildman–Crippen LogP) is 4.91. The van der Waals surface area contributed by atoms with Crippen LogP contribution in [0.4, 0.5) is 0 Å². The first-order valence-corrected chi connectivity index (χ1v) is 9.54. The predicted molar refractivity (Wildman–Crippen MR) is 111 cm³/mol. The zero-order valence-electron chi connectivity index (χ0n) is 16.4. The molecule has 0 saturated heterocycles. The first-order chi connectivity index (χ1) is 14.0. The first kappa shape index (κ1) is 20.2. The standard InChI is InChI=1S/C25H22O4/c1-3-18-13-15-20(16-14-18)23(26)17(2)29-25(28)22-12-8-7-11-21(22)24(27)19-9-5-4-6-10-19/h4-17H,3H2,1-2H3. The molecule has 0 aliphatic carbocycles. The van der Waals surface area contributed by atoms with Gasteiger partial charge in [0.15, 0.2) is 11.9 Å². The maximum Gasteiger partial charge on any atom is 0.339 e. The zero-order chi connectivity index (χ0) is 20.8. The van der Waals surface area contributed by atoms with Gasteiger partial charge in [-0.05, 0) is 25.0 Å². The van der Waals surface area contributed by atoms with Gasteiger partial charge in [0, 0.05) is 16.7 Å². The van der Waals surface area contributed by atoms with Crippen LogP contribution in [0.15, 0.2) is 78.9 Å². The summed E-state index contributed by atoms with van der Waals surface area (Å²) in [5, 5.41) is 0. The highest BCUT2D eigenvalue weighted by atomic mass is 16.5. The van der Waals surface area contributed by atoms with Gasteiger partial charge in [-0.3, -0.25) is 9.59 Å². The Balaban J connectivity index is 1.78. The fourth-order valence-corrected chi connectivity index (χ4v) is 3.02. The lowest BCUT2D eigenvalue weighted by Crippen LogP contribution is -2.25. The number of carbonyl (C=O) groups excluding carboxylic acids is 3. The number of ketones is 2. The van der Waals surface area contributed by atoms with Crippen LogP contribution in [0, 0.1) is 0 Å². The normalized spacial score (nSPS) is 11.5. The van der Waals surface area contributed by atoms with Crippen LogP contribution in [0.2, 0.25) is 0 Å². The maximum absolute atomic E-state index is 12.8. The molecule has 3 aromatic carbocycles. The van der Waals surface area contributed by atoms with E-state index in [0.29, 0.717) is 11.1 Å². The smallest absolute Gasteiger partial charge is 0.339 e. The van der Waals surface area contributed by atoms with E-state index in [4.69, 9.17) is 4.74 Å². The van der Waals surface area contributed by atoms with Crippen molar-refractivity contribution in [3.05, 3.63) is 107 Å². The minimum Gasteiger partial charge on any atom is -0.451 e. The van der Waals surface area contributed by atoms with Crippen molar-refractivity contribution in [1.82, 2.24) is 0 Å². The molecule has 0 radical (unpaired) electrons. The Hall–Kier alpha value is -3.53. The van der Waals surface area contributed by atoms with Gasteiger partial charge in [0.2, 0.25) is 5.78 Å². The van der Waals surface area contributed by atoms with Gasteiger partial charge < -0.3 is 4.74 Å². The molecule has 0 N–H and O–H groups in total. The summed E-state index contributed by atoms with van der Waals surface area (Å²) in [6.07, 6.45) is -0.0829. The van der Waals surface area contributed by atoms with Gasteiger partial charge >= 0.3 is 5.97 Å². The Labute approximate surface area is 170 Å². The fourth-order valence-electron chi connectivity index (χ4n) is 3.02. The summed E-state index contributed by atoms with van der Waals surface area (Å²) in [4.78, 5) is 38.1. The lowest BCUT2D eigenvalue weighted by atomic mass is 9.98. The summed E-state index contributed by atoms with van der Waals surface area (Å²) in [7, 11) is 0. The number of hydrogen-bond donors (Lipinski definition) is 0. The summed E-state index contributed by atoms with van der Waals surface area (Å²) < 4.78 is 5.40. The number of Topliss-reactive ketones (excluding diaryl/α,β-unsaturated/α-hetero) is 1. The van der Waals surface area contributed by atoms with Gasteiger partial charge in [0.25, 0.3) is 0 Å². The largest absolute Gasteiger partial charge is 0.451 e. The molecule has 0 bridgehead atoms. The third-order valence-corrected chi connectivity index (χ3v) is 4.73. The number of ether oxygens (including phenoxy) is 1. The topological polar surface area (TPSA) is 60.4 Å². The molecule has 0 aliphatic rings. The Morgan fingerprint density at radius 2 is 1.34 bits per heavy atom. The highest BCUT2D eigenvalue weighted by molar-refractivity contribution is 6.14. The average Bonchev–Trinajstić information content (AvgIpc) is 2.78. The second-order valence-corrected chi connectivity index (χ2v) is 6.70. The van der Waals surface area contributed by atoms with Crippen LogP contribution in [0.5, 0.6) is 0 Å². The molecule has 0 aromatic heterocycles. The summed E-state index contributed by atoms with van der Waals surface area (Å²) in [5.41, 5.74) is 2.47. The summed E-state index contributed by atoms with van der Waals surface area (Å²) in [6, 6.07) is 22.4. The molecule has 1 unspecified atom stereocenters. The van der Waals surface area contributed by atoms with Crippen LogP contribution >= 0.6 is 0 Å². The molecule has 3 aromatic rings. The SMILES string of the molecule is CCc1ccc(C(=O)C(C)OC(=O)c2ccccc2C(=O)c2ccccc2)cc1. The van der Waals surface area contributed by atoms with E-state index in [1.54, 1.807) is 54.6 Å². The van der Waals surface area contributed by atoms with E-state index < -0.39 is 12.1 Å². The Bertz CT molecular complexity index is 1020. The fraction of sp³-hybridized carbons (Fsp3) is 0.160. The van der Waals surface area contributed by atoms with Crippen molar-refractivity contribution in [2.24, 2.45) is 0 Å². The van der Waals surface area contributed by atoms with Crippen molar-refractivity contribution in [1.29, 1.82) is 0 Å². The molecule has 0 saturated carbocycles. The van der Waals surface area contributed by atoms with Gasteiger partial charge in [-0.15, -0.1) is 0 Å². The minimum atomic E-state index is -0.963. The second-order valence-electron chi connectivity index (χ2n) is 6.70. The molecule has 3 rings (SSSR count). The number of hydrogen-bond acceptors (Lipinski definition) is 4. The molecular weight excluding hydrogens is 364 g/mol.